The van der Waals surface area contributed by atoms with Crippen molar-refractivity contribution in [3.05, 3.63) is 29.6 Å². The average molecular weight is 512 g/mol. The number of alkyl halides is 3. The molecule has 1 saturated heterocycles. The van der Waals surface area contributed by atoms with Gasteiger partial charge >= 0.3 is 0 Å². The second kappa shape index (κ2) is 10.00. The lowest BCUT2D eigenvalue weighted by molar-refractivity contribution is -0.114. The van der Waals surface area contributed by atoms with Gasteiger partial charge in [-0.25, -0.2) is 19.3 Å². The molecule has 0 spiro atoms. The van der Waals surface area contributed by atoms with Gasteiger partial charge in [-0.3, -0.25) is 4.79 Å². The van der Waals surface area contributed by atoms with E-state index in [9.17, 15) is 18.0 Å². The molecule has 1 aliphatic heterocycles. The van der Waals surface area contributed by atoms with Crippen LogP contribution < -0.4 is 15.5 Å². The fourth-order valence-electron chi connectivity index (χ4n) is 4.25. The molecule has 0 bridgehead atoms. The number of nitrogens with zero attached hydrogens (tertiary/aromatic N) is 4. The first-order valence-corrected chi connectivity index (χ1v) is 12.5. The van der Waals surface area contributed by atoms with Crippen LogP contribution >= 0.6 is 18.5 Å². The van der Waals surface area contributed by atoms with Crippen LogP contribution in [-0.2, 0) is 10.5 Å². The highest BCUT2D eigenvalue weighted by molar-refractivity contribution is 7.17. The first kappa shape index (κ1) is 25.2. The highest BCUT2D eigenvalue weighted by Crippen LogP contribution is 2.41. The number of carbonyl (C=O) groups excluding carboxylic acids is 1. The van der Waals surface area contributed by atoms with Gasteiger partial charge in [0, 0.05) is 49.6 Å². The molecule has 184 valence electrons. The number of rotatable bonds is 7. The SMILES string of the molecule is CC(=O)Nc1ncnc(-c2cc(C(F)(F)P)cc(N3CCN[C@@H](C4CC4)C3)n2)c1C(C)C(F)P. The third kappa shape index (κ3) is 5.67. The second-order valence-electron chi connectivity index (χ2n) is 8.97. The summed E-state index contributed by atoms with van der Waals surface area (Å²) in [7, 11) is 3.64. The molecule has 1 aliphatic carbocycles. The van der Waals surface area contributed by atoms with Gasteiger partial charge in [-0.15, -0.1) is 9.24 Å². The van der Waals surface area contributed by atoms with E-state index in [1.165, 1.54) is 38.2 Å². The van der Waals surface area contributed by atoms with Gasteiger partial charge in [0.25, 0.3) is 5.66 Å². The van der Waals surface area contributed by atoms with Gasteiger partial charge in [0.15, 0.2) is 0 Å². The molecule has 2 aromatic heterocycles. The molecular weight excluding hydrogens is 483 g/mol. The molecule has 4 unspecified atom stereocenters. The van der Waals surface area contributed by atoms with E-state index >= 15 is 0 Å². The van der Waals surface area contributed by atoms with Crippen LogP contribution in [0.4, 0.5) is 24.8 Å². The van der Waals surface area contributed by atoms with Crippen LogP contribution in [0, 0.1) is 5.92 Å². The van der Waals surface area contributed by atoms with Crippen molar-refractivity contribution in [3.63, 3.8) is 0 Å². The van der Waals surface area contributed by atoms with Crippen LogP contribution in [0.15, 0.2) is 18.5 Å². The van der Waals surface area contributed by atoms with Crippen molar-refractivity contribution in [2.45, 2.75) is 50.2 Å². The summed E-state index contributed by atoms with van der Waals surface area (Å²) in [5.41, 5.74) is -2.74. The molecule has 2 aromatic rings. The van der Waals surface area contributed by atoms with Crippen molar-refractivity contribution >= 4 is 36.0 Å². The van der Waals surface area contributed by atoms with Crippen molar-refractivity contribution in [3.8, 4) is 11.4 Å². The molecule has 12 heteroatoms. The topological polar surface area (TPSA) is 83.0 Å². The van der Waals surface area contributed by atoms with Crippen LogP contribution in [0.3, 0.4) is 0 Å². The predicted octanol–water partition coefficient (Wildman–Crippen LogP) is 3.88. The summed E-state index contributed by atoms with van der Waals surface area (Å²) >= 11 is 0. The standard InChI is InChI=1S/C22H29F3N6OP2/c1-11(20(23)33)18-19(27-10-28-21(18)29-12(2)32)15-7-14(22(24,25)34)8-17(30-15)31-6-5-26-16(9-31)13-3-4-13/h7-8,10-11,13,16,20,26H,3-6,9,33-34H2,1-2H3,(H,27,28,29,32)/t11?,16-,20?/m1/s1. The minimum atomic E-state index is -3.20. The van der Waals surface area contributed by atoms with Gasteiger partial charge in [0.05, 0.1) is 11.4 Å². The summed E-state index contributed by atoms with van der Waals surface area (Å²) in [5.74, 6) is -1.35. The Hall–Kier alpha value is -1.89. The van der Waals surface area contributed by atoms with Crippen LogP contribution in [-0.4, -0.2) is 52.4 Å². The van der Waals surface area contributed by atoms with Gasteiger partial charge in [-0.05, 0) is 30.9 Å². The smallest absolute Gasteiger partial charge is 0.284 e. The number of carbonyl (C=O) groups is 1. The first-order chi connectivity index (χ1) is 16.0. The molecular formula is C22H29F3N6OP2. The Labute approximate surface area is 201 Å². The lowest BCUT2D eigenvalue weighted by Gasteiger charge is -2.35. The average Bonchev–Trinajstić information content (AvgIpc) is 3.63. The number of aromatic nitrogens is 3. The maximum Gasteiger partial charge on any atom is 0.284 e. The molecule has 4 rings (SSSR count). The van der Waals surface area contributed by atoms with Crippen LogP contribution in [0.2, 0.25) is 0 Å². The molecule has 2 fully saturated rings. The Kier molecular flexibility index (Phi) is 7.41. The number of nitrogens with one attached hydrogen (secondary N) is 2. The Balaban J connectivity index is 1.83. The van der Waals surface area contributed by atoms with Gasteiger partial charge in [0.1, 0.15) is 23.9 Å². The number of anilines is 2. The van der Waals surface area contributed by atoms with Crippen molar-refractivity contribution in [2.75, 3.05) is 29.9 Å². The zero-order chi connectivity index (χ0) is 24.6. The van der Waals surface area contributed by atoms with Crippen molar-refractivity contribution in [1.29, 1.82) is 0 Å². The van der Waals surface area contributed by atoms with Crippen LogP contribution in [0.25, 0.3) is 11.4 Å². The fourth-order valence-corrected chi connectivity index (χ4v) is 4.61. The molecule has 7 nitrogen and oxygen atoms in total. The molecule has 0 aromatic carbocycles. The highest BCUT2D eigenvalue weighted by atomic mass is 31.0. The normalized spacial score (nSPS) is 20.7. The summed E-state index contributed by atoms with van der Waals surface area (Å²) in [6.45, 7) is 4.97. The summed E-state index contributed by atoms with van der Waals surface area (Å²) in [5, 5.41) is 6.11. The third-order valence-electron chi connectivity index (χ3n) is 6.27. The Morgan fingerprint density at radius 2 is 2.06 bits per heavy atom. The second-order valence-corrected chi connectivity index (χ2v) is 10.3. The number of pyridine rings is 1. The molecule has 1 amide bonds. The maximum atomic E-state index is 14.5. The zero-order valence-corrected chi connectivity index (χ0v) is 21.4. The van der Waals surface area contributed by atoms with E-state index in [1.807, 2.05) is 4.90 Å². The summed E-state index contributed by atoms with van der Waals surface area (Å²) in [6, 6.07) is 2.96. The van der Waals surface area contributed by atoms with Crippen molar-refractivity contribution < 1.29 is 18.0 Å². The maximum absolute atomic E-state index is 14.5. The van der Waals surface area contributed by atoms with E-state index in [0.29, 0.717) is 36.4 Å². The monoisotopic (exact) mass is 512 g/mol. The van der Waals surface area contributed by atoms with E-state index in [1.54, 1.807) is 16.2 Å². The minimum absolute atomic E-state index is 0.137. The molecule has 0 radical (unpaired) electrons. The van der Waals surface area contributed by atoms with E-state index in [2.05, 4.69) is 29.8 Å². The van der Waals surface area contributed by atoms with Gasteiger partial charge < -0.3 is 15.5 Å². The Morgan fingerprint density at radius 3 is 2.68 bits per heavy atom. The van der Waals surface area contributed by atoms with E-state index in [4.69, 9.17) is 4.98 Å². The van der Waals surface area contributed by atoms with E-state index < -0.39 is 17.5 Å². The quantitative estimate of drug-likeness (QED) is 0.548. The number of piperazine rings is 1. The van der Waals surface area contributed by atoms with Crippen LogP contribution in [0.5, 0.6) is 0 Å². The predicted molar refractivity (Wildman–Crippen MR) is 133 cm³/mol. The minimum Gasteiger partial charge on any atom is -0.354 e. The number of halogens is 3. The van der Waals surface area contributed by atoms with Crippen LogP contribution in [0.1, 0.15) is 43.7 Å². The molecule has 2 aliphatic rings. The number of hydrogen-bond donors (Lipinski definition) is 2. The molecule has 34 heavy (non-hydrogen) atoms. The van der Waals surface area contributed by atoms with E-state index in [-0.39, 0.29) is 28.7 Å². The lowest BCUT2D eigenvalue weighted by atomic mass is 9.98. The fraction of sp³-hybridized carbons (Fsp3) is 0.545. The van der Waals surface area contributed by atoms with Gasteiger partial charge in [-0.1, -0.05) is 16.2 Å². The molecule has 3 heterocycles. The summed E-state index contributed by atoms with van der Waals surface area (Å²) in [4.78, 5) is 26.9. The summed E-state index contributed by atoms with van der Waals surface area (Å²) < 4.78 is 43.4. The number of hydrogen-bond acceptors (Lipinski definition) is 6. The Morgan fingerprint density at radius 1 is 1.32 bits per heavy atom. The van der Waals surface area contributed by atoms with Crippen molar-refractivity contribution in [2.24, 2.45) is 5.92 Å². The lowest BCUT2D eigenvalue weighted by Crippen LogP contribution is -2.52. The van der Waals surface area contributed by atoms with Gasteiger partial charge in [-0.2, -0.15) is 8.78 Å². The molecule has 2 N–H and O–H groups in total. The Bertz CT molecular complexity index is 1060. The molecule has 1 saturated carbocycles. The summed E-state index contributed by atoms with van der Waals surface area (Å²) in [6.07, 6.45) is 3.55. The zero-order valence-electron chi connectivity index (χ0n) is 19.1. The largest absolute Gasteiger partial charge is 0.354 e. The number of amides is 1. The van der Waals surface area contributed by atoms with Crippen molar-refractivity contribution in [1.82, 2.24) is 20.3 Å². The van der Waals surface area contributed by atoms with E-state index in [0.717, 1.165) is 6.54 Å². The highest BCUT2D eigenvalue weighted by Gasteiger charge is 2.35. The first-order valence-electron chi connectivity index (χ1n) is 11.2. The van der Waals surface area contributed by atoms with Gasteiger partial charge in [0.2, 0.25) is 5.91 Å². The molecule has 5 atom stereocenters. The third-order valence-corrected chi connectivity index (χ3v) is 7.18.